The van der Waals surface area contributed by atoms with Crippen molar-refractivity contribution in [2.24, 2.45) is 0 Å². The molecule has 92 valence electrons. The number of hydrogen-bond acceptors (Lipinski definition) is 1. The van der Waals surface area contributed by atoms with Crippen LogP contribution >= 0.6 is 0 Å². The molecule has 1 heterocycles. The van der Waals surface area contributed by atoms with Gasteiger partial charge in [-0.2, -0.15) is 0 Å². The molecule has 0 aromatic carbocycles. The SMILES string of the molecule is CC.CC(=O)N1CCCCC1C.CCC. The molecular formula is C13H29NO. The zero-order chi connectivity index (χ0) is 12.3. The summed E-state index contributed by atoms with van der Waals surface area (Å²) in [6.45, 7) is 13.0. The van der Waals surface area contributed by atoms with Crippen molar-refractivity contribution < 1.29 is 4.79 Å². The molecule has 1 rings (SSSR count). The van der Waals surface area contributed by atoms with Gasteiger partial charge in [0.05, 0.1) is 0 Å². The highest BCUT2D eigenvalue weighted by molar-refractivity contribution is 5.73. The Kier molecular flexibility index (Phi) is 13.0. The lowest BCUT2D eigenvalue weighted by atomic mass is 10.0. The van der Waals surface area contributed by atoms with Crippen molar-refractivity contribution in [3.63, 3.8) is 0 Å². The molecule has 1 atom stereocenters. The first kappa shape index (κ1) is 16.9. The molecule has 0 spiro atoms. The van der Waals surface area contributed by atoms with E-state index in [-0.39, 0.29) is 5.91 Å². The minimum absolute atomic E-state index is 0.229. The summed E-state index contributed by atoms with van der Waals surface area (Å²) in [7, 11) is 0. The topological polar surface area (TPSA) is 20.3 Å². The number of likely N-dealkylation sites (tertiary alicyclic amines) is 1. The molecule has 0 N–H and O–H groups in total. The molecule has 1 fully saturated rings. The number of carbonyl (C=O) groups excluding carboxylic acids is 1. The summed E-state index contributed by atoms with van der Waals surface area (Å²) < 4.78 is 0. The van der Waals surface area contributed by atoms with E-state index < -0.39 is 0 Å². The van der Waals surface area contributed by atoms with Crippen LogP contribution in [0, 0.1) is 0 Å². The largest absolute Gasteiger partial charge is 0.340 e. The average Bonchev–Trinajstić information content (AvgIpc) is 2.22. The van der Waals surface area contributed by atoms with Gasteiger partial charge < -0.3 is 4.90 Å². The Morgan fingerprint density at radius 1 is 1.27 bits per heavy atom. The maximum absolute atomic E-state index is 10.9. The van der Waals surface area contributed by atoms with Gasteiger partial charge in [0.1, 0.15) is 0 Å². The lowest BCUT2D eigenvalue weighted by molar-refractivity contribution is -0.131. The van der Waals surface area contributed by atoms with Crippen molar-refractivity contribution in [1.29, 1.82) is 0 Å². The van der Waals surface area contributed by atoms with E-state index in [9.17, 15) is 4.79 Å². The van der Waals surface area contributed by atoms with Crippen molar-refractivity contribution >= 4 is 5.91 Å². The normalized spacial score (nSPS) is 19.3. The van der Waals surface area contributed by atoms with Gasteiger partial charge in [0.25, 0.3) is 0 Å². The molecule has 0 bridgehead atoms. The van der Waals surface area contributed by atoms with Gasteiger partial charge in [-0.15, -0.1) is 0 Å². The van der Waals surface area contributed by atoms with Gasteiger partial charge in [0.2, 0.25) is 5.91 Å². The standard InChI is InChI=1S/C8H15NO.C3H8.C2H6/c1-7-5-3-4-6-9(7)8(2)10;1-3-2;1-2/h7H,3-6H2,1-2H3;3H2,1-2H3;1-2H3. The summed E-state index contributed by atoms with van der Waals surface area (Å²) in [6, 6.07) is 0.478. The maximum atomic E-state index is 10.9. The third-order valence-corrected chi connectivity index (χ3v) is 2.21. The smallest absolute Gasteiger partial charge is 0.219 e. The minimum Gasteiger partial charge on any atom is -0.340 e. The lowest BCUT2D eigenvalue weighted by Crippen LogP contribution is -2.40. The highest BCUT2D eigenvalue weighted by Gasteiger charge is 2.19. The molecule has 1 aliphatic heterocycles. The second kappa shape index (κ2) is 11.5. The Labute approximate surface area is 96.0 Å². The van der Waals surface area contributed by atoms with E-state index in [0.29, 0.717) is 6.04 Å². The van der Waals surface area contributed by atoms with E-state index in [4.69, 9.17) is 0 Å². The second-order valence-corrected chi connectivity index (χ2v) is 3.76. The van der Waals surface area contributed by atoms with Crippen molar-refractivity contribution in [2.75, 3.05) is 6.54 Å². The second-order valence-electron chi connectivity index (χ2n) is 3.76. The number of rotatable bonds is 0. The van der Waals surface area contributed by atoms with Crippen molar-refractivity contribution in [1.82, 2.24) is 4.90 Å². The molecule has 0 aromatic rings. The Hall–Kier alpha value is -0.530. The van der Waals surface area contributed by atoms with Gasteiger partial charge >= 0.3 is 0 Å². The molecule has 2 nitrogen and oxygen atoms in total. The van der Waals surface area contributed by atoms with E-state index >= 15 is 0 Å². The molecule has 0 saturated carbocycles. The Balaban J connectivity index is 0. The molecule has 0 radical (unpaired) electrons. The van der Waals surface area contributed by atoms with Crippen LogP contribution in [0.15, 0.2) is 0 Å². The quantitative estimate of drug-likeness (QED) is 0.601. The summed E-state index contributed by atoms with van der Waals surface area (Å²) in [4.78, 5) is 12.9. The van der Waals surface area contributed by atoms with E-state index in [0.717, 1.165) is 6.54 Å². The van der Waals surface area contributed by atoms with Gasteiger partial charge in [-0.25, -0.2) is 0 Å². The molecule has 1 unspecified atom stereocenters. The van der Waals surface area contributed by atoms with Crippen LogP contribution in [0.3, 0.4) is 0 Å². The number of amides is 1. The Bertz CT molecular complexity index is 145. The number of nitrogens with zero attached hydrogens (tertiary/aromatic N) is 1. The first-order valence-corrected chi connectivity index (χ1v) is 6.40. The number of hydrogen-bond donors (Lipinski definition) is 0. The number of piperidine rings is 1. The summed E-state index contributed by atoms with van der Waals surface area (Å²) >= 11 is 0. The third kappa shape index (κ3) is 8.46. The first-order valence-electron chi connectivity index (χ1n) is 6.40. The molecule has 2 heteroatoms. The van der Waals surface area contributed by atoms with Crippen LogP contribution < -0.4 is 0 Å². The minimum atomic E-state index is 0.229. The Morgan fingerprint density at radius 2 is 1.73 bits per heavy atom. The van der Waals surface area contributed by atoms with Crippen molar-refractivity contribution in [2.45, 2.75) is 73.3 Å². The van der Waals surface area contributed by atoms with E-state index in [1.165, 1.54) is 25.7 Å². The highest BCUT2D eigenvalue weighted by atomic mass is 16.2. The summed E-state index contributed by atoms with van der Waals surface area (Å²) in [5.41, 5.74) is 0. The molecule has 15 heavy (non-hydrogen) atoms. The van der Waals surface area contributed by atoms with Gasteiger partial charge in [-0.3, -0.25) is 4.79 Å². The molecule has 0 aromatic heterocycles. The summed E-state index contributed by atoms with van der Waals surface area (Å²) in [5, 5.41) is 0. The molecular weight excluding hydrogens is 186 g/mol. The summed E-state index contributed by atoms with van der Waals surface area (Å²) in [6.07, 6.45) is 4.90. The first-order chi connectivity index (χ1) is 7.13. The fourth-order valence-electron chi connectivity index (χ4n) is 1.57. The monoisotopic (exact) mass is 215 g/mol. The van der Waals surface area contributed by atoms with Gasteiger partial charge in [0, 0.05) is 19.5 Å². The van der Waals surface area contributed by atoms with E-state index in [1.54, 1.807) is 6.92 Å². The van der Waals surface area contributed by atoms with Crippen LogP contribution in [0.1, 0.15) is 67.2 Å². The van der Waals surface area contributed by atoms with Crippen LogP contribution in [0.2, 0.25) is 0 Å². The van der Waals surface area contributed by atoms with Gasteiger partial charge in [-0.05, 0) is 26.2 Å². The van der Waals surface area contributed by atoms with Crippen molar-refractivity contribution in [3.05, 3.63) is 0 Å². The van der Waals surface area contributed by atoms with Crippen molar-refractivity contribution in [3.8, 4) is 0 Å². The van der Waals surface area contributed by atoms with Crippen LogP contribution in [0.4, 0.5) is 0 Å². The number of carbonyl (C=O) groups is 1. The molecule has 0 aliphatic carbocycles. The van der Waals surface area contributed by atoms with Crippen LogP contribution in [0.25, 0.3) is 0 Å². The summed E-state index contributed by atoms with van der Waals surface area (Å²) in [5.74, 6) is 0.229. The Morgan fingerprint density at radius 3 is 2.00 bits per heavy atom. The zero-order valence-corrected chi connectivity index (χ0v) is 11.5. The fourth-order valence-corrected chi connectivity index (χ4v) is 1.57. The van der Waals surface area contributed by atoms with E-state index in [2.05, 4.69) is 20.8 Å². The highest BCUT2D eigenvalue weighted by Crippen LogP contribution is 2.15. The average molecular weight is 215 g/mol. The zero-order valence-electron chi connectivity index (χ0n) is 11.5. The predicted octanol–water partition coefficient (Wildman–Crippen LogP) is 3.85. The lowest BCUT2D eigenvalue weighted by Gasteiger charge is -2.32. The molecule has 1 amide bonds. The van der Waals surface area contributed by atoms with Crippen LogP contribution in [-0.4, -0.2) is 23.4 Å². The van der Waals surface area contributed by atoms with E-state index in [1.807, 2.05) is 18.7 Å². The van der Waals surface area contributed by atoms with Gasteiger partial charge in [0.15, 0.2) is 0 Å². The third-order valence-electron chi connectivity index (χ3n) is 2.21. The van der Waals surface area contributed by atoms with Crippen LogP contribution in [-0.2, 0) is 4.79 Å². The predicted molar refractivity (Wildman–Crippen MR) is 68.0 cm³/mol. The maximum Gasteiger partial charge on any atom is 0.219 e. The van der Waals surface area contributed by atoms with Crippen LogP contribution in [0.5, 0.6) is 0 Å². The fraction of sp³-hybridized carbons (Fsp3) is 0.923. The van der Waals surface area contributed by atoms with Gasteiger partial charge in [-0.1, -0.05) is 34.1 Å². The molecule has 1 saturated heterocycles. The molecule has 1 aliphatic rings.